The molecule has 5 nitrogen and oxygen atoms in total. The van der Waals surface area contributed by atoms with Crippen molar-refractivity contribution in [3.8, 4) is 5.75 Å². The number of benzene rings is 1. The molecule has 6 heteroatoms. The van der Waals surface area contributed by atoms with Crippen molar-refractivity contribution in [2.24, 2.45) is 17.3 Å². The van der Waals surface area contributed by atoms with Crippen molar-refractivity contribution in [1.29, 1.82) is 0 Å². The van der Waals surface area contributed by atoms with Gasteiger partial charge in [0.05, 0.1) is 12.0 Å². The minimum Gasteiger partial charge on any atom is -0.489 e. The number of halogens is 1. The van der Waals surface area contributed by atoms with E-state index in [0.717, 1.165) is 32.1 Å². The lowest BCUT2D eigenvalue weighted by Crippen LogP contribution is -2.65. The molecule has 4 aliphatic rings. The van der Waals surface area contributed by atoms with Gasteiger partial charge in [0, 0.05) is 12.5 Å². The molecular weight excluding hydrogens is 347 g/mol. The van der Waals surface area contributed by atoms with Gasteiger partial charge >= 0.3 is 0 Å². The van der Waals surface area contributed by atoms with Gasteiger partial charge in [-0.2, -0.15) is 0 Å². The summed E-state index contributed by atoms with van der Waals surface area (Å²) in [4.78, 5) is 24.8. The van der Waals surface area contributed by atoms with E-state index < -0.39 is 5.82 Å². The van der Waals surface area contributed by atoms with Crippen LogP contribution in [0, 0.1) is 23.1 Å². The zero-order valence-corrected chi connectivity index (χ0v) is 15.7. The normalized spacial score (nSPS) is 33.6. The lowest BCUT2D eigenvalue weighted by molar-refractivity contribution is -0.153. The standard InChI is InChI=1S/C21H27FN2O3/c1-14(25)24-21-11-15-8-16(12-21)10-20(9-15,13-21)19(26)23-6-7-27-18-5-3-2-4-17(18)22/h2-5,15-16H,6-13H2,1H3,(H,23,26)(H,24,25). The number of ether oxygens (including phenoxy) is 1. The monoisotopic (exact) mass is 374 g/mol. The fourth-order valence-electron chi connectivity index (χ4n) is 6.12. The largest absolute Gasteiger partial charge is 0.489 e. The molecule has 0 aromatic heterocycles. The minimum atomic E-state index is -0.401. The summed E-state index contributed by atoms with van der Waals surface area (Å²) in [6.07, 6.45) is 5.71. The summed E-state index contributed by atoms with van der Waals surface area (Å²) >= 11 is 0. The maximum atomic E-state index is 13.6. The summed E-state index contributed by atoms with van der Waals surface area (Å²) in [5, 5.41) is 6.18. The smallest absolute Gasteiger partial charge is 0.226 e. The Morgan fingerprint density at radius 1 is 1.19 bits per heavy atom. The van der Waals surface area contributed by atoms with Crippen molar-refractivity contribution in [1.82, 2.24) is 10.6 Å². The Morgan fingerprint density at radius 2 is 1.89 bits per heavy atom. The summed E-state index contributed by atoms with van der Waals surface area (Å²) in [7, 11) is 0. The highest BCUT2D eigenvalue weighted by molar-refractivity contribution is 5.84. The molecule has 4 bridgehead atoms. The molecule has 1 aromatic carbocycles. The molecule has 0 saturated heterocycles. The van der Waals surface area contributed by atoms with Crippen LogP contribution in [0.1, 0.15) is 45.4 Å². The van der Waals surface area contributed by atoms with Gasteiger partial charge in [-0.1, -0.05) is 12.1 Å². The van der Waals surface area contributed by atoms with Crippen molar-refractivity contribution in [3.05, 3.63) is 30.1 Å². The average Bonchev–Trinajstić information content (AvgIpc) is 2.57. The van der Waals surface area contributed by atoms with E-state index in [0.29, 0.717) is 18.4 Å². The van der Waals surface area contributed by atoms with Crippen molar-refractivity contribution >= 4 is 11.8 Å². The summed E-state index contributed by atoms with van der Waals surface area (Å²) in [6, 6.07) is 6.26. The lowest BCUT2D eigenvalue weighted by Gasteiger charge is -2.61. The van der Waals surface area contributed by atoms with Crippen LogP contribution in [0.2, 0.25) is 0 Å². The molecule has 1 aromatic rings. The van der Waals surface area contributed by atoms with Crippen LogP contribution in [-0.4, -0.2) is 30.5 Å². The Morgan fingerprint density at radius 3 is 2.56 bits per heavy atom. The number of rotatable bonds is 6. The van der Waals surface area contributed by atoms with Crippen LogP contribution < -0.4 is 15.4 Å². The SMILES string of the molecule is CC(=O)NC12CC3CC(C1)CC(C(=O)NCCOc1ccccc1F)(C3)C2. The molecule has 0 spiro atoms. The first-order valence-electron chi connectivity index (χ1n) is 9.84. The van der Waals surface area contributed by atoms with Crippen LogP contribution >= 0.6 is 0 Å². The second-order valence-electron chi connectivity index (χ2n) is 8.74. The minimum absolute atomic E-state index is 0.00852. The van der Waals surface area contributed by atoms with E-state index in [1.165, 1.54) is 12.5 Å². The maximum Gasteiger partial charge on any atom is 0.226 e. The van der Waals surface area contributed by atoms with Crippen LogP contribution in [0.4, 0.5) is 4.39 Å². The van der Waals surface area contributed by atoms with Crippen molar-refractivity contribution in [2.75, 3.05) is 13.2 Å². The summed E-state index contributed by atoms with van der Waals surface area (Å²) < 4.78 is 19.0. The lowest BCUT2D eigenvalue weighted by atomic mass is 9.46. The third-order valence-electron chi connectivity index (χ3n) is 6.47. The molecule has 2 unspecified atom stereocenters. The van der Waals surface area contributed by atoms with Gasteiger partial charge in [-0.3, -0.25) is 9.59 Å². The summed E-state index contributed by atoms with van der Waals surface area (Å²) in [6.45, 7) is 2.13. The third-order valence-corrected chi connectivity index (χ3v) is 6.47. The number of hydrogen-bond acceptors (Lipinski definition) is 3. The number of carbonyl (C=O) groups excluding carboxylic acids is 2. The third kappa shape index (κ3) is 3.54. The zero-order chi connectivity index (χ0) is 19.1. The number of hydrogen-bond donors (Lipinski definition) is 2. The van der Waals surface area contributed by atoms with E-state index in [-0.39, 0.29) is 35.1 Å². The second kappa shape index (κ2) is 6.80. The van der Waals surface area contributed by atoms with Gasteiger partial charge in [0.15, 0.2) is 11.6 Å². The first kappa shape index (κ1) is 18.3. The molecule has 4 fully saturated rings. The number of amides is 2. The summed E-state index contributed by atoms with van der Waals surface area (Å²) in [5.74, 6) is 0.875. The molecule has 2 amide bonds. The fourth-order valence-corrected chi connectivity index (χ4v) is 6.12. The van der Waals surface area contributed by atoms with Crippen LogP contribution in [-0.2, 0) is 9.59 Å². The molecule has 27 heavy (non-hydrogen) atoms. The fraction of sp³-hybridized carbons (Fsp3) is 0.619. The number of para-hydroxylation sites is 1. The Bertz CT molecular complexity index is 737. The van der Waals surface area contributed by atoms with Gasteiger partial charge in [-0.05, 0) is 62.5 Å². The highest BCUT2D eigenvalue weighted by atomic mass is 19.1. The molecule has 4 saturated carbocycles. The molecule has 0 aliphatic heterocycles. The summed E-state index contributed by atoms with van der Waals surface area (Å²) in [5.41, 5.74) is -0.596. The average molecular weight is 374 g/mol. The van der Waals surface area contributed by atoms with E-state index in [9.17, 15) is 14.0 Å². The van der Waals surface area contributed by atoms with Gasteiger partial charge in [0.2, 0.25) is 11.8 Å². The Kier molecular flexibility index (Phi) is 4.60. The topological polar surface area (TPSA) is 67.4 Å². The van der Waals surface area contributed by atoms with Gasteiger partial charge in [-0.25, -0.2) is 4.39 Å². The molecule has 2 atom stereocenters. The van der Waals surface area contributed by atoms with Crippen molar-refractivity contribution in [3.63, 3.8) is 0 Å². The molecule has 0 radical (unpaired) electrons. The van der Waals surface area contributed by atoms with Crippen molar-refractivity contribution in [2.45, 2.75) is 51.0 Å². The Hall–Kier alpha value is -2.11. The predicted molar refractivity (Wildman–Crippen MR) is 98.6 cm³/mol. The Balaban J connectivity index is 1.37. The highest BCUT2D eigenvalue weighted by Gasteiger charge is 2.60. The van der Waals surface area contributed by atoms with E-state index in [2.05, 4.69) is 10.6 Å². The van der Waals surface area contributed by atoms with Crippen molar-refractivity contribution < 1.29 is 18.7 Å². The first-order chi connectivity index (χ1) is 12.9. The van der Waals surface area contributed by atoms with Crippen LogP contribution in [0.15, 0.2) is 24.3 Å². The molecule has 2 N–H and O–H groups in total. The number of carbonyl (C=O) groups is 2. The van der Waals surface area contributed by atoms with E-state index in [1.807, 2.05) is 0 Å². The van der Waals surface area contributed by atoms with E-state index in [1.54, 1.807) is 25.1 Å². The van der Waals surface area contributed by atoms with E-state index >= 15 is 0 Å². The first-order valence-corrected chi connectivity index (χ1v) is 9.84. The molecule has 4 aliphatic carbocycles. The number of nitrogens with one attached hydrogen (secondary N) is 2. The Labute approximate surface area is 159 Å². The van der Waals surface area contributed by atoms with Crippen LogP contribution in [0.25, 0.3) is 0 Å². The van der Waals surface area contributed by atoms with Crippen LogP contribution in [0.3, 0.4) is 0 Å². The molecule has 146 valence electrons. The van der Waals surface area contributed by atoms with Gasteiger partial charge in [0.25, 0.3) is 0 Å². The maximum absolute atomic E-state index is 13.6. The predicted octanol–water partition coefficient (Wildman–Crippen LogP) is 2.80. The quantitative estimate of drug-likeness (QED) is 0.753. The van der Waals surface area contributed by atoms with Gasteiger partial charge < -0.3 is 15.4 Å². The van der Waals surface area contributed by atoms with Gasteiger partial charge in [0.1, 0.15) is 6.61 Å². The van der Waals surface area contributed by atoms with Crippen LogP contribution in [0.5, 0.6) is 5.75 Å². The molecular formula is C21H27FN2O3. The second-order valence-corrected chi connectivity index (χ2v) is 8.74. The molecule has 5 rings (SSSR count). The zero-order valence-electron chi connectivity index (χ0n) is 15.7. The van der Waals surface area contributed by atoms with E-state index in [4.69, 9.17) is 4.74 Å². The highest BCUT2D eigenvalue weighted by Crippen LogP contribution is 2.61. The van der Waals surface area contributed by atoms with Gasteiger partial charge in [-0.15, -0.1) is 0 Å². The molecule has 0 heterocycles.